The molecule has 0 spiro atoms. The fourth-order valence-electron chi connectivity index (χ4n) is 3.63. The lowest BCUT2D eigenvalue weighted by atomic mass is 9.96. The third-order valence-electron chi connectivity index (χ3n) is 5.28. The maximum absolute atomic E-state index is 12.5. The Bertz CT molecular complexity index is 960. The van der Waals surface area contributed by atoms with E-state index in [-0.39, 0.29) is 17.7 Å². The third-order valence-corrected chi connectivity index (χ3v) is 5.28. The van der Waals surface area contributed by atoms with Gasteiger partial charge in [-0.05, 0) is 74.6 Å². The van der Waals surface area contributed by atoms with E-state index in [0.29, 0.717) is 18.7 Å². The number of methoxy groups -OCH3 is 1. The molecule has 1 fully saturated rings. The second kappa shape index (κ2) is 10.1. The number of rotatable bonds is 7. The van der Waals surface area contributed by atoms with Crippen LogP contribution in [0.2, 0.25) is 0 Å². The minimum Gasteiger partial charge on any atom is -0.504 e. The van der Waals surface area contributed by atoms with Crippen molar-refractivity contribution in [2.24, 2.45) is 0 Å². The molecule has 2 N–H and O–H groups in total. The molecule has 1 aliphatic rings. The molecule has 0 radical (unpaired) electrons. The highest BCUT2D eigenvalue weighted by molar-refractivity contribution is 6.02. The van der Waals surface area contributed by atoms with E-state index in [1.54, 1.807) is 23.1 Å². The number of phenols is 1. The van der Waals surface area contributed by atoms with Crippen LogP contribution in [0.1, 0.15) is 40.9 Å². The monoisotopic (exact) mass is 398 g/mol. The first-order valence-electron chi connectivity index (χ1n) is 11.5. The van der Waals surface area contributed by atoms with Gasteiger partial charge in [-0.1, -0.05) is 30.7 Å². The summed E-state index contributed by atoms with van der Waals surface area (Å²) in [5.41, 5.74) is 2.43. The lowest BCUT2D eigenvalue weighted by Crippen LogP contribution is -2.36. The molecule has 5 heteroatoms. The zero-order valence-electron chi connectivity index (χ0n) is 19.7. The van der Waals surface area contributed by atoms with Gasteiger partial charge in [-0.2, -0.15) is 0 Å². The number of amides is 1. The van der Waals surface area contributed by atoms with E-state index in [2.05, 4.69) is 5.32 Å². The van der Waals surface area contributed by atoms with Gasteiger partial charge in [0, 0.05) is 21.9 Å². The van der Waals surface area contributed by atoms with Gasteiger partial charge in [0.25, 0.3) is 0 Å². The molecule has 0 aliphatic carbocycles. The molecular weight excluding hydrogens is 365 g/mol. The molecule has 5 nitrogen and oxygen atoms in total. The molecule has 2 aromatic rings. The van der Waals surface area contributed by atoms with Crippen LogP contribution in [0.5, 0.6) is 11.5 Å². The Hall–Kier alpha value is -2.79. The number of carbonyl (C=O) groups excluding carboxylic acids is 1. The summed E-state index contributed by atoms with van der Waals surface area (Å²) in [6.45, 7) is -1.47. The number of hydrogen-bond donors (Lipinski definition) is 2. The molecule has 3 rings (SSSR count). The Balaban J connectivity index is 1.64. The van der Waals surface area contributed by atoms with E-state index < -0.39 is 6.98 Å². The van der Waals surface area contributed by atoms with Crippen LogP contribution in [-0.4, -0.2) is 42.6 Å². The summed E-state index contributed by atoms with van der Waals surface area (Å²) < 4.78 is 28.5. The van der Waals surface area contributed by atoms with E-state index in [9.17, 15) is 9.90 Å². The van der Waals surface area contributed by atoms with Gasteiger partial charge in [-0.15, -0.1) is 0 Å². The number of aryl methyl sites for hydroxylation is 1. The average Bonchev–Trinajstić information content (AvgIpc) is 2.77. The van der Waals surface area contributed by atoms with Crippen molar-refractivity contribution in [1.82, 2.24) is 4.90 Å². The molecule has 0 aromatic heterocycles. The van der Waals surface area contributed by atoms with Crippen molar-refractivity contribution in [3.8, 4) is 11.5 Å². The van der Waals surface area contributed by atoms with E-state index in [0.717, 1.165) is 42.5 Å². The number of nitrogens with zero attached hydrogens (tertiary/aromatic N) is 1. The number of para-hydroxylation sites is 1. The summed E-state index contributed by atoms with van der Waals surface area (Å²) >= 11 is 0. The van der Waals surface area contributed by atoms with E-state index in [4.69, 9.17) is 8.85 Å². The number of piperidine rings is 1. The zero-order chi connectivity index (χ0) is 23.1. The van der Waals surface area contributed by atoms with Crippen LogP contribution in [0.15, 0.2) is 48.5 Å². The molecule has 1 heterocycles. The fourth-order valence-corrected chi connectivity index (χ4v) is 3.63. The largest absolute Gasteiger partial charge is 0.504 e. The zero-order valence-corrected chi connectivity index (χ0v) is 16.7. The van der Waals surface area contributed by atoms with Gasteiger partial charge in [0.2, 0.25) is 5.91 Å². The predicted octanol–water partition coefficient (Wildman–Crippen LogP) is 4.47. The lowest BCUT2D eigenvalue weighted by molar-refractivity contribution is -0.111. The van der Waals surface area contributed by atoms with Crippen LogP contribution in [0, 0.1) is 0 Å². The Morgan fingerprint density at radius 2 is 2.21 bits per heavy atom. The maximum Gasteiger partial charge on any atom is 0.248 e. The highest BCUT2D eigenvalue weighted by Crippen LogP contribution is 2.27. The first-order valence-corrected chi connectivity index (χ1v) is 9.98. The van der Waals surface area contributed by atoms with Gasteiger partial charge < -0.3 is 20.1 Å². The van der Waals surface area contributed by atoms with Gasteiger partial charge in [-0.25, -0.2) is 0 Å². The molecule has 154 valence electrons. The van der Waals surface area contributed by atoms with Gasteiger partial charge in [0.05, 0.1) is 7.11 Å². The summed E-state index contributed by atoms with van der Waals surface area (Å²) in [5.74, 6) is 0.107. The minimum atomic E-state index is -2.07. The molecule has 1 amide bonds. The van der Waals surface area contributed by atoms with Crippen LogP contribution in [0.25, 0.3) is 6.08 Å². The number of likely N-dealkylation sites (tertiary alicyclic amines) is 1. The standard InChI is InChI=1S/C24H30N2O3/c1-26-16-6-5-8-20(26)13-12-19-7-3-4-9-21(19)25-24(28)15-11-18-10-14-22(27)23(17-18)29-2/h3-4,7,9-11,14-15,17,20,27H,5-6,8,12-13,16H2,1-2H3,(H,25,28)/b15-11+/i1+1D3. The van der Waals surface area contributed by atoms with E-state index in [1.807, 2.05) is 24.3 Å². The fraction of sp³-hybridized carbons (Fsp3) is 0.375. The Labute approximate surface area is 177 Å². The number of hydrogen-bond acceptors (Lipinski definition) is 4. The van der Waals surface area contributed by atoms with Crippen LogP contribution < -0.4 is 10.1 Å². The van der Waals surface area contributed by atoms with Crippen molar-refractivity contribution in [1.29, 1.82) is 0 Å². The van der Waals surface area contributed by atoms with Crippen molar-refractivity contribution in [2.45, 2.75) is 38.1 Å². The molecule has 1 unspecified atom stereocenters. The van der Waals surface area contributed by atoms with E-state index >= 15 is 0 Å². The SMILES string of the molecule is [2H][13C]([2H])([2H])N1CCCCC1CCc1ccccc1NC(=O)/C=C/c1ccc(O)c(OC)c1. The lowest BCUT2D eigenvalue weighted by Gasteiger charge is -2.32. The van der Waals surface area contributed by atoms with Gasteiger partial charge >= 0.3 is 0 Å². The molecule has 1 atom stereocenters. The highest BCUT2D eigenvalue weighted by Gasteiger charge is 2.19. The highest BCUT2D eigenvalue weighted by atomic mass is 16.5. The summed E-state index contributed by atoms with van der Waals surface area (Å²) in [6, 6.07) is 12.5. The van der Waals surface area contributed by atoms with Crippen LogP contribution >= 0.6 is 0 Å². The van der Waals surface area contributed by atoms with E-state index in [1.165, 1.54) is 19.3 Å². The molecular formula is C24H30N2O3. The predicted molar refractivity (Wildman–Crippen MR) is 117 cm³/mol. The number of anilines is 1. The number of phenolic OH excluding ortho intramolecular Hbond substituents is 1. The molecule has 1 aliphatic heterocycles. The molecule has 1 saturated heterocycles. The topological polar surface area (TPSA) is 61.8 Å². The number of carbonyl (C=O) groups is 1. The quantitative estimate of drug-likeness (QED) is 0.534. The normalized spacial score (nSPS) is 19.3. The molecule has 2 aromatic carbocycles. The van der Waals surface area contributed by atoms with Gasteiger partial charge in [0.15, 0.2) is 11.5 Å². The van der Waals surface area contributed by atoms with Crippen molar-refractivity contribution < 1.29 is 18.8 Å². The average molecular weight is 399 g/mol. The van der Waals surface area contributed by atoms with Crippen LogP contribution in [0.3, 0.4) is 0 Å². The number of aromatic hydroxyl groups is 1. The third kappa shape index (κ3) is 5.84. The van der Waals surface area contributed by atoms with Crippen molar-refractivity contribution in [3.63, 3.8) is 0 Å². The maximum atomic E-state index is 12.5. The molecule has 29 heavy (non-hydrogen) atoms. The Morgan fingerprint density at radius 1 is 1.34 bits per heavy atom. The number of nitrogens with one attached hydrogen (secondary N) is 1. The molecule has 0 bridgehead atoms. The smallest absolute Gasteiger partial charge is 0.248 e. The van der Waals surface area contributed by atoms with Crippen LogP contribution in [-0.2, 0) is 11.2 Å². The Kier molecular flexibility index (Phi) is 5.97. The first kappa shape index (κ1) is 17.1. The summed E-state index contributed by atoms with van der Waals surface area (Å²) in [6.07, 6.45) is 7.34. The minimum absolute atomic E-state index is 0.0179. The van der Waals surface area contributed by atoms with Crippen LogP contribution in [0.4, 0.5) is 5.69 Å². The van der Waals surface area contributed by atoms with Gasteiger partial charge in [-0.3, -0.25) is 4.79 Å². The molecule has 0 saturated carbocycles. The number of ether oxygens (including phenoxy) is 1. The first-order chi connectivity index (χ1) is 15.3. The van der Waals surface area contributed by atoms with Crippen molar-refractivity contribution in [2.75, 3.05) is 25.9 Å². The summed E-state index contributed by atoms with van der Waals surface area (Å²) in [7, 11) is 1.47. The number of benzene rings is 2. The summed E-state index contributed by atoms with van der Waals surface area (Å²) in [5, 5.41) is 12.6. The van der Waals surface area contributed by atoms with Crippen molar-refractivity contribution >= 4 is 17.7 Å². The summed E-state index contributed by atoms with van der Waals surface area (Å²) in [4.78, 5) is 14.1. The van der Waals surface area contributed by atoms with Gasteiger partial charge in [0.1, 0.15) is 0 Å². The second-order valence-electron chi connectivity index (χ2n) is 7.29. The van der Waals surface area contributed by atoms with Crippen molar-refractivity contribution in [3.05, 3.63) is 59.7 Å². The second-order valence-corrected chi connectivity index (χ2v) is 7.29. The Morgan fingerprint density at radius 3 is 3.03 bits per heavy atom.